The van der Waals surface area contributed by atoms with Gasteiger partial charge in [0.25, 0.3) is 0 Å². The number of guanidine groups is 1. The highest BCUT2D eigenvalue weighted by Gasteiger charge is 2.21. The van der Waals surface area contributed by atoms with E-state index in [1.54, 1.807) is 6.20 Å². The Kier molecular flexibility index (Phi) is 6.43. The Morgan fingerprint density at radius 2 is 2.08 bits per heavy atom. The van der Waals surface area contributed by atoms with E-state index in [0.29, 0.717) is 6.54 Å². The number of hydrogen-bond acceptors (Lipinski definition) is 2. The number of benzene rings is 1. The molecule has 0 fully saturated rings. The lowest BCUT2D eigenvalue weighted by Gasteiger charge is -2.27. The molecule has 2 rings (SSSR count). The van der Waals surface area contributed by atoms with Crippen molar-refractivity contribution in [1.29, 1.82) is 0 Å². The summed E-state index contributed by atoms with van der Waals surface area (Å²) in [5.74, 6) is 0.821. The fourth-order valence-corrected chi connectivity index (χ4v) is 2.77. The van der Waals surface area contributed by atoms with Crippen LogP contribution in [0.2, 0.25) is 0 Å². The van der Waals surface area contributed by atoms with Crippen molar-refractivity contribution in [2.24, 2.45) is 12.0 Å². The maximum atomic E-state index is 4.66. The Morgan fingerprint density at radius 3 is 2.71 bits per heavy atom. The summed E-state index contributed by atoms with van der Waals surface area (Å²) in [5, 5.41) is 10.9. The van der Waals surface area contributed by atoms with E-state index in [-0.39, 0.29) is 5.41 Å². The summed E-state index contributed by atoms with van der Waals surface area (Å²) in [6.45, 7) is 8.75. The minimum absolute atomic E-state index is 0.00744. The molecule has 6 heteroatoms. The Bertz CT molecular complexity index is 690. The standard InChI is InChI=1S/C18H26BrN5/c1-5-20-17(21-12-16-9-10-23-24(16)4)22-13-18(2,3)14-7-6-8-15(19)11-14/h6-11H,5,12-13H2,1-4H3,(H2,20,21,22). The summed E-state index contributed by atoms with van der Waals surface area (Å²) in [7, 11) is 1.93. The van der Waals surface area contributed by atoms with Gasteiger partial charge < -0.3 is 10.6 Å². The van der Waals surface area contributed by atoms with Gasteiger partial charge in [0.1, 0.15) is 0 Å². The quantitative estimate of drug-likeness (QED) is 0.586. The number of rotatable bonds is 6. The van der Waals surface area contributed by atoms with Gasteiger partial charge in [0.2, 0.25) is 0 Å². The Hall–Kier alpha value is -1.82. The molecular weight excluding hydrogens is 366 g/mol. The van der Waals surface area contributed by atoms with E-state index >= 15 is 0 Å². The molecule has 5 nitrogen and oxygen atoms in total. The van der Waals surface area contributed by atoms with Crippen LogP contribution in [0.25, 0.3) is 0 Å². The lowest BCUT2D eigenvalue weighted by molar-refractivity contribution is 0.508. The summed E-state index contributed by atoms with van der Waals surface area (Å²) in [4.78, 5) is 4.66. The second kappa shape index (κ2) is 8.33. The summed E-state index contributed by atoms with van der Waals surface area (Å²) < 4.78 is 2.95. The molecule has 0 saturated carbocycles. The summed E-state index contributed by atoms with van der Waals surface area (Å²) >= 11 is 3.55. The van der Waals surface area contributed by atoms with Crippen LogP contribution < -0.4 is 10.6 Å². The third-order valence-corrected chi connectivity index (χ3v) is 4.46. The van der Waals surface area contributed by atoms with Crippen LogP contribution in [0, 0.1) is 0 Å². The second-order valence-electron chi connectivity index (χ2n) is 6.39. The van der Waals surface area contributed by atoms with Gasteiger partial charge >= 0.3 is 0 Å². The number of aromatic nitrogens is 2. The smallest absolute Gasteiger partial charge is 0.191 e. The molecule has 2 aromatic rings. The average molecular weight is 392 g/mol. The summed E-state index contributed by atoms with van der Waals surface area (Å²) in [5.41, 5.74) is 2.36. The molecule has 1 aromatic heterocycles. The zero-order valence-electron chi connectivity index (χ0n) is 14.8. The third kappa shape index (κ3) is 5.09. The van der Waals surface area contributed by atoms with E-state index in [1.807, 2.05) is 23.9 Å². The molecule has 130 valence electrons. The number of hydrogen-bond donors (Lipinski definition) is 2. The summed E-state index contributed by atoms with van der Waals surface area (Å²) in [6, 6.07) is 10.4. The first-order chi connectivity index (χ1) is 11.4. The Balaban J connectivity index is 2.03. The van der Waals surface area contributed by atoms with Crippen molar-refractivity contribution in [2.75, 3.05) is 13.1 Å². The van der Waals surface area contributed by atoms with Crippen LogP contribution in [-0.2, 0) is 19.0 Å². The first-order valence-corrected chi connectivity index (χ1v) is 8.97. The monoisotopic (exact) mass is 391 g/mol. The van der Waals surface area contributed by atoms with Gasteiger partial charge in [0, 0.05) is 36.2 Å². The van der Waals surface area contributed by atoms with E-state index in [9.17, 15) is 0 Å². The van der Waals surface area contributed by atoms with E-state index in [4.69, 9.17) is 0 Å². The predicted molar refractivity (Wildman–Crippen MR) is 103 cm³/mol. The number of nitrogens with zero attached hydrogens (tertiary/aromatic N) is 3. The largest absolute Gasteiger partial charge is 0.357 e. The van der Waals surface area contributed by atoms with Crippen LogP contribution >= 0.6 is 15.9 Å². The minimum atomic E-state index is -0.00744. The predicted octanol–water partition coefficient (Wildman–Crippen LogP) is 3.22. The van der Waals surface area contributed by atoms with E-state index in [2.05, 4.69) is 75.6 Å². The van der Waals surface area contributed by atoms with Crippen molar-refractivity contribution in [2.45, 2.75) is 32.7 Å². The molecule has 1 heterocycles. The fourth-order valence-electron chi connectivity index (χ4n) is 2.37. The molecule has 0 saturated heterocycles. The van der Waals surface area contributed by atoms with Crippen LogP contribution in [0.4, 0.5) is 0 Å². The molecule has 2 N–H and O–H groups in total. The van der Waals surface area contributed by atoms with Gasteiger partial charge in [-0.3, -0.25) is 4.68 Å². The molecule has 0 aliphatic rings. The van der Waals surface area contributed by atoms with Crippen LogP contribution in [0.1, 0.15) is 32.0 Å². The van der Waals surface area contributed by atoms with E-state index in [1.165, 1.54) is 5.56 Å². The fraction of sp³-hybridized carbons (Fsp3) is 0.444. The first kappa shape index (κ1) is 18.5. The van der Waals surface area contributed by atoms with Gasteiger partial charge in [-0.2, -0.15) is 5.10 Å². The molecule has 0 bridgehead atoms. The molecular formula is C18H26BrN5. The molecule has 0 amide bonds. The van der Waals surface area contributed by atoms with Crippen LogP contribution in [0.15, 0.2) is 46.0 Å². The first-order valence-electron chi connectivity index (χ1n) is 8.17. The molecule has 0 radical (unpaired) electrons. The maximum absolute atomic E-state index is 4.66. The lowest BCUT2D eigenvalue weighted by atomic mass is 9.85. The highest BCUT2D eigenvalue weighted by atomic mass is 79.9. The molecule has 1 aromatic carbocycles. The second-order valence-corrected chi connectivity index (χ2v) is 7.30. The van der Waals surface area contributed by atoms with Gasteiger partial charge in [-0.25, -0.2) is 4.99 Å². The van der Waals surface area contributed by atoms with Crippen molar-refractivity contribution >= 4 is 21.9 Å². The third-order valence-electron chi connectivity index (χ3n) is 3.97. The number of nitrogens with one attached hydrogen (secondary N) is 2. The normalized spacial score (nSPS) is 12.3. The van der Waals surface area contributed by atoms with Crippen molar-refractivity contribution < 1.29 is 0 Å². The molecule has 0 unspecified atom stereocenters. The number of halogens is 1. The van der Waals surface area contributed by atoms with Crippen molar-refractivity contribution in [3.05, 3.63) is 52.3 Å². The highest BCUT2D eigenvalue weighted by Crippen LogP contribution is 2.25. The van der Waals surface area contributed by atoms with E-state index in [0.717, 1.165) is 29.2 Å². The topological polar surface area (TPSA) is 54.2 Å². The summed E-state index contributed by atoms with van der Waals surface area (Å²) in [6.07, 6.45) is 1.79. The highest BCUT2D eigenvalue weighted by molar-refractivity contribution is 9.10. The maximum Gasteiger partial charge on any atom is 0.191 e. The van der Waals surface area contributed by atoms with Crippen LogP contribution in [-0.4, -0.2) is 28.8 Å². The van der Waals surface area contributed by atoms with E-state index < -0.39 is 0 Å². The Labute approximate surface area is 152 Å². The molecule has 0 atom stereocenters. The van der Waals surface area contributed by atoms with Crippen molar-refractivity contribution in [3.63, 3.8) is 0 Å². The van der Waals surface area contributed by atoms with Gasteiger partial charge in [-0.05, 0) is 30.7 Å². The van der Waals surface area contributed by atoms with Gasteiger partial charge in [0.15, 0.2) is 5.96 Å². The Morgan fingerprint density at radius 1 is 1.29 bits per heavy atom. The average Bonchev–Trinajstić information content (AvgIpc) is 2.95. The zero-order chi connectivity index (χ0) is 17.6. The van der Waals surface area contributed by atoms with Crippen molar-refractivity contribution in [1.82, 2.24) is 20.4 Å². The lowest BCUT2D eigenvalue weighted by Crippen LogP contribution is -2.43. The number of aliphatic imine (C=N–C) groups is 1. The molecule has 0 aliphatic heterocycles. The van der Waals surface area contributed by atoms with Gasteiger partial charge in [0.05, 0.1) is 12.2 Å². The minimum Gasteiger partial charge on any atom is -0.357 e. The SMILES string of the molecule is CCNC(=NCc1ccnn1C)NCC(C)(C)c1cccc(Br)c1. The van der Waals surface area contributed by atoms with Crippen molar-refractivity contribution in [3.8, 4) is 0 Å². The molecule has 24 heavy (non-hydrogen) atoms. The molecule has 0 aliphatic carbocycles. The van der Waals surface area contributed by atoms with Gasteiger partial charge in [-0.15, -0.1) is 0 Å². The van der Waals surface area contributed by atoms with Gasteiger partial charge in [-0.1, -0.05) is 41.9 Å². The number of aryl methyl sites for hydroxylation is 1. The van der Waals surface area contributed by atoms with Crippen LogP contribution in [0.5, 0.6) is 0 Å². The molecule has 0 spiro atoms. The zero-order valence-corrected chi connectivity index (χ0v) is 16.4. The van der Waals surface area contributed by atoms with Crippen LogP contribution in [0.3, 0.4) is 0 Å².